The predicted molar refractivity (Wildman–Crippen MR) is 95.1 cm³/mol. The summed E-state index contributed by atoms with van der Waals surface area (Å²) in [6, 6.07) is 7.37. The van der Waals surface area contributed by atoms with Gasteiger partial charge in [-0.25, -0.2) is 0 Å². The molecular weight excluding hydrogens is 340 g/mol. The molecule has 0 atom stereocenters. The first-order chi connectivity index (χ1) is 12.2. The number of benzene rings is 1. The molecule has 1 aromatic carbocycles. The average Bonchev–Trinajstić information content (AvgIpc) is 3.37. The van der Waals surface area contributed by atoms with Crippen LogP contribution in [0.3, 0.4) is 0 Å². The number of methoxy groups -OCH3 is 1. The van der Waals surface area contributed by atoms with Crippen LogP contribution in [0.2, 0.25) is 0 Å². The van der Waals surface area contributed by atoms with Crippen LogP contribution in [0.1, 0.15) is 34.2 Å². The lowest BCUT2D eigenvalue weighted by Crippen LogP contribution is -2.23. The van der Waals surface area contributed by atoms with Gasteiger partial charge in [0.25, 0.3) is 11.5 Å². The lowest BCUT2D eigenvalue weighted by molar-refractivity contribution is 0.102. The Bertz CT molecular complexity index is 1010. The van der Waals surface area contributed by atoms with Crippen LogP contribution in [0.25, 0.3) is 10.8 Å². The summed E-state index contributed by atoms with van der Waals surface area (Å²) in [4.78, 5) is 25.4. The maximum atomic E-state index is 12.8. The molecule has 0 spiro atoms. The van der Waals surface area contributed by atoms with Crippen LogP contribution in [-0.2, 0) is 11.3 Å². The molecule has 3 aromatic rings. The Morgan fingerprint density at radius 3 is 2.80 bits per heavy atom. The second kappa shape index (κ2) is 6.38. The number of hydrogen-bond donors (Lipinski definition) is 1. The summed E-state index contributed by atoms with van der Waals surface area (Å²) in [5.41, 5.74) is 0.415. The molecule has 0 aliphatic heterocycles. The number of amides is 1. The SMILES string of the molecule is COCc1nnc(NC(=O)c2cn(C3CC3)c(=O)c3ccccc23)s1. The van der Waals surface area contributed by atoms with Gasteiger partial charge in [0, 0.05) is 30.1 Å². The maximum Gasteiger partial charge on any atom is 0.259 e. The van der Waals surface area contributed by atoms with E-state index in [4.69, 9.17) is 4.74 Å². The van der Waals surface area contributed by atoms with Gasteiger partial charge < -0.3 is 9.30 Å². The Labute approximate surface area is 147 Å². The van der Waals surface area contributed by atoms with Crippen LogP contribution >= 0.6 is 11.3 Å². The zero-order valence-electron chi connectivity index (χ0n) is 13.6. The van der Waals surface area contributed by atoms with Crippen LogP contribution < -0.4 is 10.9 Å². The number of hydrogen-bond acceptors (Lipinski definition) is 6. The summed E-state index contributed by atoms with van der Waals surface area (Å²) in [6.45, 7) is 0.350. The molecule has 128 valence electrons. The van der Waals surface area contributed by atoms with E-state index in [0.717, 1.165) is 12.8 Å². The zero-order chi connectivity index (χ0) is 17.4. The fourth-order valence-corrected chi connectivity index (χ4v) is 3.47. The largest absolute Gasteiger partial charge is 0.377 e. The van der Waals surface area contributed by atoms with Gasteiger partial charge in [0.2, 0.25) is 5.13 Å². The van der Waals surface area contributed by atoms with Crippen molar-refractivity contribution in [2.75, 3.05) is 12.4 Å². The van der Waals surface area contributed by atoms with E-state index in [0.29, 0.717) is 33.1 Å². The van der Waals surface area contributed by atoms with Crippen molar-refractivity contribution in [2.45, 2.75) is 25.5 Å². The minimum atomic E-state index is -0.300. The highest BCUT2D eigenvalue weighted by Crippen LogP contribution is 2.34. The molecule has 7 nitrogen and oxygen atoms in total. The first-order valence-corrected chi connectivity index (χ1v) is 8.75. The molecule has 2 heterocycles. The molecule has 0 radical (unpaired) electrons. The monoisotopic (exact) mass is 356 g/mol. The van der Waals surface area contributed by atoms with Crippen molar-refractivity contribution in [3.63, 3.8) is 0 Å². The fourth-order valence-electron chi connectivity index (χ4n) is 2.77. The molecule has 1 amide bonds. The lowest BCUT2D eigenvalue weighted by atomic mass is 10.1. The third kappa shape index (κ3) is 3.06. The molecule has 8 heteroatoms. The molecule has 1 saturated carbocycles. The molecule has 0 unspecified atom stereocenters. The number of anilines is 1. The number of fused-ring (bicyclic) bond motifs is 1. The van der Waals surface area contributed by atoms with Crippen LogP contribution in [0, 0.1) is 0 Å². The van der Waals surface area contributed by atoms with E-state index in [1.54, 1.807) is 30.0 Å². The van der Waals surface area contributed by atoms with E-state index < -0.39 is 0 Å². The Hall–Kier alpha value is -2.58. The highest BCUT2D eigenvalue weighted by Gasteiger charge is 2.27. The maximum absolute atomic E-state index is 12.8. The third-order valence-corrected chi connectivity index (χ3v) is 4.90. The minimum absolute atomic E-state index is 0.0482. The second-order valence-electron chi connectivity index (χ2n) is 5.92. The highest BCUT2D eigenvalue weighted by molar-refractivity contribution is 7.15. The van der Waals surface area contributed by atoms with Crippen molar-refractivity contribution in [1.29, 1.82) is 0 Å². The first kappa shape index (κ1) is 15.9. The molecular formula is C17H16N4O3S. The molecule has 1 aliphatic carbocycles. The number of ether oxygens (including phenoxy) is 1. The summed E-state index contributed by atoms with van der Waals surface area (Å²) < 4.78 is 6.68. The number of pyridine rings is 1. The molecule has 0 bridgehead atoms. The predicted octanol–water partition coefficient (Wildman–Crippen LogP) is 2.59. The standard InChI is InChI=1S/C17H16N4O3S/c1-24-9-14-19-20-17(25-14)18-15(22)13-8-21(10-6-7-10)16(23)12-5-3-2-4-11(12)13/h2-5,8,10H,6-7,9H2,1H3,(H,18,20,22). The van der Waals surface area contributed by atoms with E-state index in [1.807, 2.05) is 12.1 Å². The summed E-state index contributed by atoms with van der Waals surface area (Å²) >= 11 is 1.26. The van der Waals surface area contributed by atoms with Gasteiger partial charge in [-0.1, -0.05) is 29.5 Å². The first-order valence-electron chi connectivity index (χ1n) is 7.94. The topological polar surface area (TPSA) is 86.1 Å². The van der Waals surface area contributed by atoms with Crippen molar-refractivity contribution in [2.24, 2.45) is 0 Å². The van der Waals surface area contributed by atoms with Crippen molar-refractivity contribution >= 4 is 33.1 Å². The summed E-state index contributed by atoms with van der Waals surface area (Å²) in [5.74, 6) is -0.300. The highest BCUT2D eigenvalue weighted by atomic mass is 32.1. The number of nitrogens with zero attached hydrogens (tertiary/aromatic N) is 3. The Morgan fingerprint density at radius 1 is 1.32 bits per heavy atom. The van der Waals surface area contributed by atoms with Crippen LogP contribution in [0.4, 0.5) is 5.13 Å². The molecule has 4 rings (SSSR count). The zero-order valence-corrected chi connectivity index (χ0v) is 14.4. The molecule has 25 heavy (non-hydrogen) atoms. The van der Waals surface area contributed by atoms with E-state index in [-0.39, 0.29) is 17.5 Å². The van der Waals surface area contributed by atoms with Gasteiger partial charge in [0.05, 0.1) is 5.56 Å². The molecule has 2 aromatic heterocycles. The van der Waals surface area contributed by atoms with Crippen molar-refractivity contribution in [1.82, 2.24) is 14.8 Å². The van der Waals surface area contributed by atoms with Gasteiger partial charge in [-0.3, -0.25) is 14.9 Å². The Balaban J connectivity index is 1.73. The normalized spacial score (nSPS) is 14.0. The van der Waals surface area contributed by atoms with Gasteiger partial charge in [-0.05, 0) is 18.9 Å². The number of carbonyl (C=O) groups is 1. The molecule has 0 saturated heterocycles. The quantitative estimate of drug-likeness (QED) is 0.759. The van der Waals surface area contributed by atoms with E-state index in [2.05, 4.69) is 15.5 Å². The van der Waals surface area contributed by atoms with Gasteiger partial charge >= 0.3 is 0 Å². The van der Waals surface area contributed by atoms with E-state index >= 15 is 0 Å². The van der Waals surface area contributed by atoms with Crippen LogP contribution in [0.5, 0.6) is 0 Å². The van der Waals surface area contributed by atoms with E-state index in [9.17, 15) is 9.59 Å². The molecule has 1 aliphatic rings. The number of rotatable bonds is 5. The van der Waals surface area contributed by atoms with Crippen molar-refractivity contribution < 1.29 is 9.53 Å². The van der Waals surface area contributed by atoms with Crippen molar-refractivity contribution in [3.05, 3.63) is 51.4 Å². The number of nitrogens with one attached hydrogen (secondary N) is 1. The summed E-state index contributed by atoms with van der Waals surface area (Å²) in [5, 5.41) is 13.0. The van der Waals surface area contributed by atoms with Crippen LogP contribution in [-0.4, -0.2) is 27.8 Å². The fraction of sp³-hybridized carbons (Fsp3) is 0.294. The number of carbonyl (C=O) groups excluding carboxylic acids is 1. The van der Waals surface area contributed by atoms with Gasteiger partial charge in [0.15, 0.2) is 0 Å². The Kier molecular flexibility index (Phi) is 4.06. The molecule has 1 fully saturated rings. The van der Waals surface area contributed by atoms with Gasteiger partial charge in [0.1, 0.15) is 11.6 Å². The van der Waals surface area contributed by atoms with Crippen molar-refractivity contribution in [3.8, 4) is 0 Å². The van der Waals surface area contributed by atoms with Gasteiger partial charge in [-0.15, -0.1) is 10.2 Å². The van der Waals surface area contributed by atoms with Gasteiger partial charge in [-0.2, -0.15) is 0 Å². The lowest BCUT2D eigenvalue weighted by Gasteiger charge is -2.11. The van der Waals surface area contributed by atoms with Crippen LogP contribution in [0.15, 0.2) is 35.3 Å². The number of aromatic nitrogens is 3. The summed E-state index contributed by atoms with van der Waals surface area (Å²) in [7, 11) is 1.58. The van der Waals surface area contributed by atoms with E-state index in [1.165, 1.54) is 11.3 Å². The summed E-state index contributed by atoms with van der Waals surface area (Å²) in [6.07, 6.45) is 3.60. The molecule has 1 N–H and O–H groups in total. The minimum Gasteiger partial charge on any atom is -0.377 e. The average molecular weight is 356 g/mol. The second-order valence-corrected chi connectivity index (χ2v) is 6.98. The Morgan fingerprint density at radius 2 is 2.08 bits per heavy atom. The smallest absolute Gasteiger partial charge is 0.259 e. The third-order valence-electron chi connectivity index (χ3n) is 4.09.